The second-order valence-electron chi connectivity index (χ2n) is 6.05. The van der Waals surface area contributed by atoms with Gasteiger partial charge in [-0.15, -0.1) is 24.0 Å². The second-order valence-corrected chi connectivity index (χ2v) is 6.05. The van der Waals surface area contributed by atoms with Crippen LogP contribution in [0.1, 0.15) is 25.3 Å². The van der Waals surface area contributed by atoms with Crippen LogP contribution in [0.4, 0.5) is 8.78 Å². The van der Waals surface area contributed by atoms with Crippen LogP contribution in [-0.2, 0) is 13.1 Å². The summed E-state index contributed by atoms with van der Waals surface area (Å²) in [5, 5.41) is 6.34. The van der Waals surface area contributed by atoms with Crippen molar-refractivity contribution >= 4 is 29.9 Å². The third kappa shape index (κ3) is 9.25. The summed E-state index contributed by atoms with van der Waals surface area (Å²) in [5.74, 6) is 0.733. The van der Waals surface area contributed by atoms with E-state index in [9.17, 15) is 13.6 Å². The first-order valence-corrected chi connectivity index (χ1v) is 9.30. The number of aromatic nitrogens is 1. The molecule has 0 saturated carbocycles. The first-order chi connectivity index (χ1) is 13.6. The molecule has 160 valence electrons. The zero-order valence-electron chi connectivity index (χ0n) is 16.3. The summed E-state index contributed by atoms with van der Waals surface area (Å²) in [7, 11) is 0. The largest absolute Gasteiger partial charge is 0.434 e. The lowest BCUT2D eigenvalue weighted by molar-refractivity contribution is -0.0504. The fourth-order valence-electron chi connectivity index (χ4n) is 2.61. The molecule has 1 aromatic heterocycles. The standard InChI is InChI=1S/C20H26F2N4O2.HI/c1-2-23-20(24-12-6-8-14-26-13-7-5-11-18(26)27)25-15-16-9-3-4-10-17(16)28-19(21)22;/h3-5,7,9-11,13,19H,2,6,8,12,14-15H2,1H3,(H2,23,24,25);1H. The Morgan fingerprint density at radius 1 is 1.14 bits per heavy atom. The monoisotopic (exact) mass is 520 g/mol. The molecule has 2 rings (SSSR count). The normalized spacial score (nSPS) is 11.1. The van der Waals surface area contributed by atoms with Crippen LogP contribution in [0.3, 0.4) is 0 Å². The summed E-state index contributed by atoms with van der Waals surface area (Å²) in [6, 6.07) is 11.7. The highest BCUT2D eigenvalue weighted by Gasteiger charge is 2.09. The van der Waals surface area contributed by atoms with Crippen molar-refractivity contribution in [2.45, 2.75) is 39.5 Å². The number of unbranched alkanes of at least 4 members (excludes halogenated alkanes) is 1. The fourth-order valence-corrected chi connectivity index (χ4v) is 2.61. The van der Waals surface area contributed by atoms with Crippen molar-refractivity contribution in [3.63, 3.8) is 0 Å². The minimum absolute atomic E-state index is 0. The molecule has 6 nitrogen and oxygen atoms in total. The first-order valence-electron chi connectivity index (χ1n) is 9.30. The molecule has 0 saturated heterocycles. The number of pyridine rings is 1. The van der Waals surface area contributed by atoms with E-state index < -0.39 is 6.61 Å². The van der Waals surface area contributed by atoms with Crippen molar-refractivity contribution in [1.29, 1.82) is 0 Å². The van der Waals surface area contributed by atoms with Gasteiger partial charge in [0, 0.05) is 37.5 Å². The molecule has 1 heterocycles. The van der Waals surface area contributed by atoms with E-state index in [1.54, 1.807) is 41.1 Å². The Balaban J connectivity index is 0.00000420. The lowest BCUT2D eigenvalue weighted by Gasteiger charge is -2.13. The van der Waals surface area contributed by atoms with E-state index >= 15 is 0 Å². The maximum atomic E-state index is 12.5. The topological polar surface area (TPSA) is 67.7 Å². The minimum Gasteiger partial charge on any atom is -0.434 e. The molecule has 0 unspecified atom stereocenters. The van der Waals surface area contributed by atoms with Gasteiger partial charge < -0.3 is 19.9 Å². The summed E-state index contributed by atoms with van der Waals surface area (Å²) in [4.78, 5) is 16.1. The minimum atomic E-state index is -2.87. The number of rotatable bonds is 10. The number of aryl methyl sites for hydroxylation is 1. The third-order valence-electron chi connectivity index (χ3n) is 3.96. The number of alkyl halides is 2. The summed E-state index contributed by atoms with van der Waals surface area (Å²) in [6.07, 6.45) is 3.48. The number of para-hydroxylation sites is 1. The van der Waals surface area contributed by atoms with Crippen molar-refractivity contribution in [3.8, 4) is 5.75 Å². The highest BCUT2D eigenvalue weighted by atomic mass is 127. The Morgan fingerprint density at radius 2 is 1.90 bits per heavy atom. The van der Waals surface area contributed by atoms with Gasteiger partial charge in [-0.2, -0.15) is 8.78 Å². The summed E-state index contributed by atoms with van der Waals surface area (Å²) < 4.78 is 31.2. The molecular formula is C20H27F2IN4O2. The maximum Gasteiger partial charge on any atom is 0.387 e. The highest BCUT2D eigenvalue weighted by molar-refractivity contribution is 14.0. The van der Waals surface area contributed by atoms with Gasteiger partial charge >= 0.3 is 6.61 Å². The summed E-state index contributed by atoms with van der Waals surface area (Å²) in [6.45, 7) is 1.33. The molecule has 0 atom stereocenters. The number of nitrogens with zero attached hydrogens (tertiary/aromatic N) is 2. The summed E-state index contributed by atoms with van der Waals surface area (Å²) in [5.41, 5.74) is 0.582. The van der Waals surface area contributed by atoms with E-state index in [0.717, 1.165) is 12.8 Å². The third-order valence-corrected chi connectivity index (χ3v) is 3.96. The van der Waals surface area contributed by atoms with Gasteiger partial charge in [0.15, 0.2) is 5.96 Å². The van der Waals surface area contributed by atoms with E-state index in [-0.39, 0.29) is 41.8 Å². The second kappa shape index (κ2) is 13.9. The quantitative estimate of drug-likeness (QED) is 0.218. The molecule has 0 aliphatic rings. The molecular weight excluding hydrogens is 493 g/mol. The Labute approximate surface area is 186 Å². The SMILES string of the molecule is CCNC(=NCc1ccccc1OC(F)F)NCCCCn1ccccc1=O.I. The van der Waals surface area contributed by atoms with Gasteiger partial charge in [0.05, 0.1) is 6.54 Å². The van der Waals surface area contributed by atoms with Gasteiger partial charge in [-0.25, -0.2) is 4.99 Å². The van der Waals surface area contributed by atoms with Crippen molar-refractivity contribution in [1.82, 2.24) is 15.2 Å². The van der Waals surface area contributed by atoms with Crippen molar-refractivity contribution in [3.05, 3.63) is 64.6 Å². The average Bonchev–Trinajstić information content (AvgIpc) is 2.67. The molecule has 2 N–H and O–H groups in total. The smallest absolute Gasteiger partial charge is 0.387 e. The fraction of sp³-hybridized carbons (Fsp3) is 0.400. The number of ether oxygens (including phenoxy) is 1. The Bertz CT molecular complexity index is 815. The number of guanidine groups is 1. The predicted molar refractivity (Wildman–Crippen MR) is 121 cm³/mol. The number of benzene rings is 1. The van der Waals surface area contributed by atoms with Crippen LogP contribution >= 0.6 is 24.0 Å². The molecule has 2 aromatic rings. The van der Waals surface area contributed by atoms with Crippen LogP contribution in [0.5, 0.6) is 5.75 Å². The van der Waals surface area contributed by atoms with Crippen molar-refractivity contribution in [2.24, 2.45) is 4.99 Å². The van der Waals surface area contributed by atoms with Crippen LogP contribution in [-0.4, -0.2) is 30.2 Å². The molecule has 0 aliphatic heterocycles. The van der Waals surface area contributed by atoms with Crippen LogP contribution in [0.15, 0.2) is 58.4 Å². The highest BCUT2D eigenvalue weighted by Crippen LogP contribution is 2.20. The average molecular weight is 520 g/mol. The van der Waals surface area contributed by atoms with Crippen LogP contribution < -0.4 is 20.9 Å². The Kier molecular flexibility index (Phi) is 11.9. The zero-order chi connectivity index (χ0) is 20.2. The molecule has 0 aliphatic carbocycles. The number of nitrogens with one attached hydrogen (secondary N) is 2. The van der Waals surface area contributed by atoms with Crippen LogP contribution in [0.2, 0.25) is 0 Å². The first kappa shape index (κ1) is 24.9. The number of hydrogen-bond donors (Lipinski definition) is 2. The van der Waals surface area contributed by atoms with Gasteiger partial charge in [-0.1, -0.05) is 24.3 Å². The molecule has 29 heavy (non-hydrogen) atoms. The van der Waals surface area contributed by atoms with Gasteiger partial charge in [0.1, 0.15) is 5.75 Å². The van der Waals surface area contributed by atoms with Gasteiger partial charge in [-0.05, 0) is 31.9 Å². The maximum absolute atomic E-state index is 12.5. The van der Waals surface area contributed by atoms with Crippen molar-refractivity contribution < 1.29 is 13.5 Å². The molecule has 0 spiro atoms. The molecule has 1 aromatic carbocycles. The van der Waals surface area contributed by atoms with E-state index in [0.29, 0.717) is 31.2 Å². The van der Waals surface area contributed by atoms with Crippen LogP contribution in [0.25, 0.3) is 0 Å². The molecule has 0 radical (unpaired) electrons. The van der Waals surface area contributed by atoms with Gasteiger partial charge in [-0.3, -0.25) is 4.79 Å². The van der Waals surface area contributed by atoms with E-state index in [1.807, 2.05) is 13.0 Å². The number of hydrogen-bond acceptors (Lipinski definition) is 3. The summed E-state index contributed by atoms with van der Waals surface area (Å²) >= 11 is 0. The Morgan fingerprint density at radius 3 is 2.62 bits per heavy atom. The van der Waals surface area contributed by atoms with Crippen molar-refractivity contribution in [2.75, 3.05) is 13.1 Å². The van der Waals surface area contributed by atoms with E-state index in [4.69, 9.17) is 0 Å². The van der Waals surface area contributed by atoms with Gasteiger partial charge in [0.25, 0.3) is 0 Å². The molecule has 0 bridgehead atoms. The predicted octanol–water partition coefficient (Wildman–Crippen LogP) is 3.60. The number of aliphatic imine (C=N–C) groups is 1. The lowest BCUT2D eigenvalue weighted by atomic mass is 10.2. The molecule has 0 fully saturated rings. The number of halogens is 3. The Hall–Kier alpha value is -2.17. The van der Waals surface area contributed by atoms with E-state index in [2.05, 4.69) is 20.4 Å². The lowest BCUT2D eigenvalue weighted by Crippen LogP contribution is -2.37. The van der Waals surface area contributed by atoms with Gasteiger partial charge in [0.2, 0.25) is 5.56 Å². The van der Waals surface area contributed by atoms with Crippen LogP contribution in [0, 0.1) is 0 Å². The van der Waals surface area contributed by atoms with E-state index in [1.165, 1.54) is 6.07 Å². The molecule has 9 heteroatoms. The zero-order valence-corrected chi connectivity index (χ0v) is 18.6. The molecule has 0 amide bonds.